The quantitative estimate of drug-likeness (QED) is 0.456. The molecule has 7 heteroatoms. The number of thioether (sulfide) groups is 1. The predicted molar refractivity (Wildman–Crippen MR) is 118 cm³/mol. The minimum Gasteiger partial charge on any atom is -0.342 e. The van der Waals surface area contributed by atoms with Gasteiger partial charge in [-0.25, -0.2) is 4.98 Å². The molecule has 1 amide bonds. The molecule has 5 nitrogen and oxygen atoms in total. The third-order valence-electron chi connectivity index (χ3n) is 5.13. The average molecular weight is 428 g/mol. The van der Waals surface area contributed by atoms with Crippen molar-refractivity contribution in [1.29, 1.82) is 0 Å². The van der Waals surface area contributed by atoms with Gasteiger partial charge in [0, 0.05) is 18.1 Å². The molecule has 1 fully saturated rings. The second-order valence-corrected chi connectivity index (χ2v) is 8.64. The number of hydrogen-bond acceptors (Lipinski definition) is 4. The molecule has 0 N–H and O–H groups in total. The van der Waals surface area contributed by atoms with Crippen LogP contribution in [0.15, 0.2) is 52.4 Å². The molecule has 0 atom stereocenters. The molecule has 2 heterocycles. The van der Waals surface area contributed by atoms with E-state index in [2.05, 4.69) is 4.98 Å². The highest BCUT2D eigenvalue weighted by Gasteiger charge is 2.19. The number of carbonyl (C=O) groups excluding carboxylic acids is 1. The number of piperidine rings is 1. The van der Waals surface area contributed by atoms with Gasteiger partial charge in [-0.15, -0.1) is 0 Å². The molecule has 1 aromatic heterocycles. The van der Waals surface area contributed by atoms with Gasteiger partial charge in [0.15, 0.2) is 5.16 Å². The van der Waals surface area contributed by atoms with Crippen LogP contribution in [0, 0.1) is 6.92 Å². The van der Waals surface area contributed by atoms with Crippen LogP contribution in [0.25, 0.3) is 16.6 Å². The number of benzene rings is 2. The number of likely N-dealkylation sites (tertiary alicyclic amines) is 1. The van der Waals surface area contributed by atoms with Crippen LogP contribution in [0.3, 0.4) is 0 Å². The lowest BCUT2D eigenvalue weighted by Crippen LogP contribution is -2.36. The third kappa shape index (κ3) is 4.33. The first-order valence-corrected chi connectivity index (χ1v) is 11.1. The highest BCUT2D eigenvalue weighted by molar-refractivity contribution is 7.99. The Labute approximate surface area is 178 Å². The van der Waals surface area contributed by atoms with Crippen molar-refractivity contribution in [2.24, 2.45) is 0 Å². The first-order chi connectivity index (χ1) is 14.0. The normalized spacial score (nSPS) is 14.3. The molecule has 0 unspecified atom stereocenters. The Morgan fingerprint density at radius 2 is 1.83 bits per heavy atom. The SMILES string of the molecule is Cc1ccc(-n2c(SCC(=O)N3CCCCC3)nc3cc(Cl)ccc3c2=O)cc1. The van der Waals surface area contributed by atoms with E-state index in [-0.39, 0.29) is 17.2 Å². The lowest BCUT2D eigenvalue weighted by molar-refractivity contribution is -0.129. The summed E-state index contributed by atoms with van der Waals surface area (Å²) in [5.74, 6) is 0.343. The van der Waals surface area contributed by atoms with Crippen LogP contribution in [0.1, 0.15) is 24.8 Å². The predicted octanol–water partition coefficient (Wildman–Crippen LogP) is 4.45. The Bertz CT molecular complexity index is 1110. The van der Waals surface area contributed by atoms with Gasteiger partial charge in [-0.05, 0) is 56.5 Å². The Morgan fingerprint density at radius 3 is 2.55 bits per heavy atom. The Kier molecular flexibility index (Phi) is 5.92. The van der Waals surface area contributed by atoms with Crippen molar-refractivity contribution < 1.29 is 4.79 Å². The number of carbonyl (C=O) groups is 1. The lowest BCUT2D eigenvalue weighted by atomic mass is 10.1. The van der Waals surface area contributed by atoms with Gasteiger partial charge in [0.05, 0.1) is 22.3 Å². The first-order valence-electron chi connectivity index (χ1n) is 9.73. The summed E-state index contributed by atoms with van der Waals surface area (Å²) in [4.78, 5) is 32.5. The van der Waals surface area contributed by atoms with Crippen LogP contribution in [0.5, 0.6) is 0 Å². The van der Waals surface area contributed by atoms with Gasteiger partial charge in [-0.2, -0.15) is 0 Å². The third-order valence-corrected chi connectivity index (χ3v) is 6.28. The van der Waals surface area contributed by atoms with E-state index >= 15 is 0 Å². The zero-order valence-electron chi connectivity index (χ0n) is 16.2. The van der Waals surface area contributed by atoms with E-state index in [0.717, 1.165) is 37.2 Å². The highest BCUT2D eigenvalue weighted by Crippen LogP contribution is 2.24. The molecule has 4 rings (SSSR count). The van der Waals surface area contributed by atoms with Crippen LogP contribution in [-0.2, 0) is 4.79 Å². The summed E-state index contributed by atoms with van der Waals surface area (Å²) < 4.78 is 1.59. The Hall–Kier alpha value is -2.31. The Balaban J connectivity index is 1.73. The number of hydrogen-bond donors (Lipinski definition) is 0. The van der Waals surface area contributed by atoms with Gasteiger partial charge in [0.1, 0.15) is 0 Å². The van der Waals surface area contributed by atoms with Crippen molar-refractivity contribution >= 4 is 40.2 Å². The second kappa shape index (κ2) is 8.59. The first kappa shape index (κ1) is 20.0. The van der Waals surface area contributed by atoms with Gasteiger partial charge in [0.25, 0.3) is 5.56 Å². The molecule has 0 bridgehead atoms. The minimum atomic E-state index is -0.163. The fourth-order valence-corrected chi connectivity index (χ4v) is 4.60. The number of aromatic nitrogens is 2. The second-order valence-electron chi connectivity index (χ2n) is 7.26. The molecule has 1 aliphatic heterocycles. The van der Waals surface area contributed by atoms with Crippen LogP contribution in [0.4, 0.5) is 0 Å². The van der Waals surface area contributed by atoms with Crippen LogP contribution in [0.2, 0.25) is 5.02 Å². The fourth-order valence-electron chi connectivity index (χ4n) is 3.52. The molecule has 150 valence electrons. The molecule has 0 radical (unpaired) electrons. The molecule has 1 saturated heterocycles. The van der Waals surface area contributed by atoms with E-state index in [1.54, 1.807) is 22.8 Å². The number of fused-ring (bicyclic) bond motifs is 1. The van der Waals surface area contributed by atoms with E-state index in [9.17, 15) is 9.59 Å². The van der Waals surface area contributed by atoms with Crippen molar-refractivity contribution in [2.45, 2.75) is 31.3 Å². The smallest absolute Gasteiger partial charge is 0.266 e. The summed E-state index contributed by atoms with van der Waals surface area (Å²) in [5, 5.41) is 1.53. The summed E-state index contributed by atoms with van der Waals surface area (Å²) in [6.45, 7) is 3.62. The van der Waals surface area contributed by atoms with Gasteiger partial charge < -0.3 is 4.90 Å². The van der Waals surface area contributed by atoms with Gasteiger partial charge in [0.2, 0.25) is 5.91 Å². The number of nitrogens with zero attached hydrogens (tertiary/aromatic N) is 3. The topological polar surface area (TPSA) is 55.2 Å². The molecule has 1 aliphatic rings. The molecule has 0 saturated carbocycles. The number of halogens is 1. The summed E-state index contributed by atoms with van der Waals surface area (Å²) in [7, 11) is 0. The van der Waals surface area contributed by atoms with Crippen molar-refractivity contribution in [1.82, 2.24) is 14.5 Å². The van der Waals surface area contributed by atoms with Crippen LogP contribution < -0.4 is 5.56 Å². The Morgan fingerprint density at radius 1 is 1.10 bits per heavy atom. The summed E-state index contributed by atoms with van der Waals surface area (Å²) in [5.41, 5.74) is 2.22. The van der Waals surface area contributed by atoms with E-state index in [1.807, 2.05) is 36.1 Å². The summed E-state index contributed by atoms with van der Waals surface area (Å²) in [6, 6.07) is 12.8. The maximum atomic E-state index is 13.3. The van der Waals surface area contributed by atoms with Gasteiger partial charge in [-0.3, -0.25) is 14.2 Å². The number of aryl methyl sites for hydroxylation is 1. The largest absolute Gasteiger partial charge is 0.342 e. The minimum absolute atomic E-state index is 0.0885. The monoisotopic (exact) mass is 427 g/mol. The lowest BCUT2D eigenvalue weighted by Gasteiger charge is -2.26. The van der Waals surface area contributed by atoms with E-state index in [1.165, 1.54) is 18.2 Å². The molecular formula is C22H22ClN3O2S. The zero-order chi connectivity index (χ0) is 20.4. The van der Waals surface area contributed by atoms with E-state index in [4.69, 9.17) is 11.6 Å². The van der Waals surface area contributed by atoms with Gasteiger partial charge in [-0.1, -0.05) is 41.1 Å². The molecule has 3 aromatic rings. The molecule has 0 spiro atoms. The number of rotatable bonds is 4. The molecular weight excluding hydrogens is 406 g/mol. The number of amides is 1. The summed E-state index contributed by atoms with van der Waals surface area (Å²) >= 11 is 7.41. The fraction of sp³-hybridized carbons (Fsp3) is 0.318. The maximum Gasteiger partial charge on any atom is 0.266 e. The van der Waals surface area contributed by atoms with Crippen molar-refractivity contribution in [3.63, 3.8) is 0 Å². The highest BCUT2D eigenvalue weighted by atomic mass is 35.5. The van der Waals surface area contributed by atoms with Crippen molar-refractivity contribution in [3.8, 4) is 5.69 Å². The van der Waals surface area contributed by atoms with Crippen molar-refractivity contribution in [2.75, 3.05) is 18.8 Å². The zero-order valence-corrected chi connectivity index (χ0v) is 17.8. The van der Waals surface area contributed by atoms with Crippen LogP contribution in [-0.4, -0.2) is 39.2 Å². The van der Waals surface area contributed by atoms with Crippen molar-refractivity contribution in [3.05, 3.63) is 63.4 Å². The molecule has 0 aliphatic carbocycles. The summed E-state index contributed by atoms with van der Waals surface area (Å²) in [6.07, 6.45) is 3.28. The van der Waals surface area contributed by atoms with E-state index < -0.39 is 0 Å². The average Bonchev–Trinajstić information content (AvgIpc) is 2.73. The molecule has 2 aromatic carbocycles. The van der Waals surface area contributed by atoms with Gasteiger partial charge >= 0.3 is 0 Å². The van der Waals surface area contributed by atoms with E-state index in [0.29, 0.717) is 21.1 Å². The molecule has 29 heavy (non-hydrogen) atoms. The van der Waals surface area contributed by atoms with Crippen LogP contribution >= 0.6 is 23.4 Å². The maximum absolute atomic E-state index is 13.3. The standard InChI is InChI=1S/C22H22ClN3O2S/c1-15-5-8-17(9-6-15)26-21(28)18-10-7-16(23)13-19(18)24-22(26)29-14-20(27)25-11-3-2-4-12-25/h5-10,13H,2-4,11-12,14H2,1H3.